The highest BCUT2D eigenvalue weighted by Crippen LogP contribution is 1.99. The van der Waals surface area contributed by atoms with Gasteiger partial charge < -0.3 is 0 Å². The van der Waals surface area contributed by atoms with E-state index in [0.29, 0.717) is 0 Å². The minimum atomic E-state index is -1.22. The summed E-state index contributed by atoms with van der Waals surface area (Å²) in [7, 11) is -1.22. The average molecular weight is 175 g/mol. The van der Waals surface area contributed by atoms with Gasteiger partial charge in [-0.3, -0.25) is 4.98 Å². The molecule has 0 spiro atoms. The van der Waals surface area contributed by atoms with Gasteiger partial charge in [0.1, 0.15) is 8.07 Å². The predicted octanol–water partition coefficient (Wildman–Crippen LogP) is 2.31. The molecule has 0 saturated heterocycles. The summed E-state index contributed by atoms with van der Waals surface area (Å²) < 4.78 is 0. The molecule has 1 aromatic heterocycles. The predicted molar refractivity (Wildman–Crippen MR) is 54.5 cm³/mol. The first-order chi connectivity index (χ1) is 5.58. The zero-order valence-electron chi connectivity index (χ0n) is 7.76. The van der Waals surface area contributed by atoms with Gasteiger partial charge in [0.05, 0.1) is 0 Å². The number of hydrogen-bond donors (Lipinski definition) is 0. The molecule has 0 amide bonds. The van der Waals surface area contributed by atoms with Crippen molar-refractivity contribution in [3.8, 4) is 11.5 Å². The van der Waals surface area contributed by atoms with Crippen molar-refractivity contribution in [2.75, 3.05) is 0 Å². The zero-order chi connectivity index (χ0) is 9.03. The molecule has 1 aromatic rings. The Morgan fingerprint density at radius 2 is 1.75 bits per heavy atom. The fourth-order valence-corrected chi connectivity index (χ4v) is 1.21. The van der Waals surface area contributed by atoms with Crippen LogP contribution in [0.5, 0.6) is 0 Å². The number of aromatic nitrogens is 1. The van der Waals surface area contributed by atoms with Crippen LogP contribution in [0.2, 0.25) is 19.6 Å². The lowest BCUT2D eigenvalue weighted by Gasteiger charge is -2.02. The minimum absolute atomic E-state index is 1.06. The normalized spacial score (nSPS) is 10.2. The standard InChI is InChI=1S/C10H13NSi/c1-12(2,3)9-6-10-4-7-11-8-5-10/h4-5,7-8H,1-3H3. The Labute approximate surface area is 74.9 Å². The van der Waals surface area contributed by atoms with E-state index in [1.54, 1.807) is 12.4 Å². The topological polar surface area (TPSA) is 12.9 Å². The maximum atomic E-state index is 3.93. The van der Waals surface area contributed by atoms with Crippen LogP contribution in [0.4, 0.5) is 0 Å². The highest BCUT2D eigenvalue weighted by Gasteiger charge is 2.06. The first kappa shape index (κ1) is 9.02. The lowest BCUT2D eigenvalue weighted by Crippen LogP contribution is -2.16. The van der Waals surface area contributed by atoms with Crippen LogP contribution in [0.1, 0.15) is 5.56 Å². The van der Waals surface area contributed by atoms with Gasteiger partial charge in [-0.05, 0) is 12.1 Å². The summed E-state index contributed by atoms with van der Waals surface area (Å²) >= 11 is 0. The van der Waals surface area contributed by atoms with Gasteiger partial charge in [0.2, 0.25) is 0 Å². The average Bonchev–Trinajstić information content (AvgIpc) is 2.02. The van der Waals surface area contributed by atoms with Crippen LogP contribution in [0.25, 0.3) is 0 Å². The molecule has 0 radical (unpaired) electrons. The summed E-state index contributed by atoms with van der Waals surface area (Å²) in [6.45, 7) is 6.71. The summed E-state index contributed by atoms with van der Waals surface area (Å²) in [5, 5.41) is 0. The van der Waals surface area contributed by atoms with Gasteiger partial charge >= 0.3 is 0 Å². The Balaban J connectivity index is 2.81. The summed E-state index contributed by atoms with van der Waals surface area (Å²) in [5.74, 6) is 3.16. The van der Waals surface area contributed by atoms with E-state index < -0.39 is 8.07 Å². The van der Waals surface area contributed by atoms with E-state index in [9.17, 15) is 0 Å². The van der Waals surface area contributed by atoms with E-state index in [1.807, 2.05) is 12.1 Å². The quantitative estimate of drug-likeness (QED) is 0.435. The van der Waals surface area contributed by atoms with E-state index in [-0.39, 0.29) is 0 Å². The van der Waals surface area contributed by atoms with Crippen molar-refractivity contribution >= 4 is 8.07 Å². The van der Waals surface area contributed by atoms with Crippen LogP contribution >= 0.6 is 0 Å². The molecule has 1 heterocycles. The van der Waals surface area contributed by atoms with Crippen molar-refractivity contribution in [1.82, 2.24) is 4.98 Å². The molecule has 0 aliphatic heterocycles. The number of pyridine rings is 1. The molecule has 2 heteroatoms. The molecule has 62 valence electrons. The second-order valence-corrected chi connectivity index (χ2v) is 8.49. The molecule has 12 heavy (non-hydrogen) atoms. The summed E-state index contributed by atoms with van der Waals surface area (Å²) in [6.07, 6.45) is 3.54. The van der Waals surface area contributed by atoms with Gasteiger partial charge in [-0.2, -0.15) is 0 Å². The Bertz CT molecular complexity index is 300. The molecule has 0 aromatic carbocycles. The minimum Gasteiger partial charge on any atom is -0.265 e. The molecule has 0 saturated carbocycles. The van der Waals surface area contributed by atoms with Crippen LogP contribution in [0, 0.1) is 11.5 Å². The van der Waals surface area contributed by atoms with Gasteiger partial charge in [-0.25, -0.2) is 0 Å². The fraction of sp³-hybridized carbons (Fsp3) is 0.300. The molecule has 1 rings (SSSR count). The summed E-state index contributed by atoms with van der Waals surface area (Å²) in [6, 6.07) is 3.88. The highest BCUT2D eigenvalue weighted by atomic mass is 28.3. The van der Waals surface area contributed by atoms with Crippen LogP contribution in [-0.4, -0.2) is 13.1 Å². The van der Waals surface area contributed by atoms with E-state index >= 15 is 0 Å². The van der Waals surface area contributed by atoms with Crippen LogP contribution in [0.3, 0.4) is 0 Å². The third kappa shape index (κ3) is 3.36. The fourth-order valence-electron chi connectivity index (χ4n) is 0.695. The van der Waals surface area contributed by atoms with Gasteiger partial charge in [-0.15, -0.1) is 5.54 Å². The first-order valence-corrected chi connectivity index (χ1v) is 7.51. The maximum Gasteiger partial charge on any atom is 0.129 e. The molecule has 0 unspecified atom stereocenters. The first-order valence-electron chi connectivity index (χ1n) is 4.01. The monoisotopic (exact) mass is 175 g/mol. The molecule has 0 fully saturated rings. The molecule has 0 aliphatic carbocycles. The van der Waals surface area contributed by atoms with Gasteiger partial charge in [0.15, 0.2) is 0 Å². The number of rotatable bonds is 0. The molecular weight excluding hydrogens is 162 g/mol. The number of hydrogen-bond acceptors (Lipinski definition) is 1. The van der Waals surface area contributed by atoms with Gasteiger partial charge in [-0.1, -0.05) is 25.6 Å². The molecule has 0 atom stereocenters. The van der Waals surface area contributed by atoms with Gasteiger partial charge in [0.25, 0.3) is 0 Å². The van der Waals surface area contributed by atoms with E-state index in [4.69, 9.17) is 0 Å². The van der Waals surface area contributed by atoms with E-state index in [2.05, 4.69) is 36.1 Å². The molecule has 0 N–H and O–H groups in total. The van der Waals surface area contributed by atoms with Crippen molar-refractivity contribution in [2.45, 2.75) is 19.6 Å². The van der Waals surface area contributed by atoms with Crippen molar-refractivity contribution in [3.63, 3.8) is 0 Å². The van der Waals surface area contributed by atoms with Crippen LogP contribution < -0.4 is 0 Å². The molecular formula is C10H13NSi. The zero-order valence-corrected chi connectivity index (χ0v) is 8.76. The summed E-state index contributed by atoms with van der Waals surface area (Å²) in [5.41, 5.74) is 4.36. The Kier molecular flexibility index (Phi) is 2.67. The third-order valence-corrected chi connectivity index (χ3v) is 2.14. The van der Waals surface area contributed by atoms with Crippen molar-refractivity contribution in [1.29, 1.82) is 0 Å². The second kappa shape index (κ2) is 3.55. The largest absolute Gasteiger partial charge is 0.265 e. The van der Waals surface area contributed by atoms with Gasteiger partial charge in [0, 0.05) is 18.0 Å². The lowest BCUT2D eigenvalue weighted by molar-refractivity contribution is 1.32. The van der Waals surface area contributed by atoms with Crippen LogP contribution in [0.15, 0.2) is 24.5 Å². The summed E-state index contributed by atoms with van der Waals surface area (Å²) in [4.78, 5) is 3.93. The number of nitrogens with zero attached hydrogens (tertiary/aromatic N) is 1. The second-order valence-electron chi connectivity index (χ2n) is 3.74. The van der Waals surface area contributed by atoms with Crippen LogP contribution in [-0.2, 0) is 0 Å². The maximum absolute atomic E-state index is 3.93. The molecule has 1 nitrogen and oxygen atoms in total. The van der Waals surface area contributed by atoms with Crippen molar-refractivity contribution < 1.29 is 0 Å². The molecule has 0 bridgehead atoms. The Morgan fingerprint density at radius 3 is 2.25 bits per heavy atom. The third-order valence-electron chi connectivity index (χ3n) is 1.26. The Hall–Kier alpha value is -1.07. The Morgan fingerprint density at radius 1 is 1.17 bits per heavy atom. The SMILES string of the molecule is C[Si](C)(C)C#Cc1ccncc1. The lowest BCUT2D eigenvalue weighted by atomic mass is 10.3. The molecule has 0 aliphatic rings. The van der Waals surface area contributed by atoms with E-state index in [1.165, 1.54) is 0 Å². The van der Waals surface area contributed by atoms with Crippen molar-refractivity contribution in [2.24, 2.45) is 0 Å². The highest BCUT2D eigenvalue weighted by molar-refractivity contribution is 6.83. The van der Waals surface area contributed by atoms with Crippen molar-refractivity contribution in [3.05, 3.63) is 30.1 Å². The smallest absolute Gasteiger partial charge is 0.129 e. The van der Waals surface area contributed by atoms with E-state index in [0.717, 1.165) is 5.56 Å².